The van der Waals surface area contributed by atoms with E-state index in [2.05, 4.69) is 46.0 Å². The molecule has 1 N–H and O–H groups in total. The van der Waals surface area contributed by atoms with Crippen molar-refractivity contribution in [2.24, 2.45) is 5.41 Å². The minimum Gasteiger partial charge on any atom is -0.481 e. The lowest BCUT2D eigenvalue weighted by Gasteiger charge is -2.40. The summed E-state index contributed by atoms with van der Waals surface area (Å²) in [6, 6.07) is 10.1. The number of terminal acetylenes is 1. The molecule has 0 saturated carbocycles. The van der Waals surface area contributed by atoms with Crippen LogP contribution in [0.4, 0.5) is 0 Å². The normalized spacial score (nSPS) is 13.8. The number of nitrogens with zero attached hydrogens (tertiary/aromatic N) is 3. The third-order valence-corrected chi connectivity index (χ3v) is 6.10. The van der Waals surface area contributed by atoms with E-state index in [1.54, 1.807) is 12.4 Å². The van der Waals surface area contributed by atoms with Crippen molar-refractivity contribution in [3.05, 3.63) is 71.4 Å². The number of aryl methyl sites for hydroxylation is 1. The zero-order chi connectivity index (χ0) is 23.7. The molecule has 32 heavy (non-hydrogen) atoms. The van der Waals surface area contributed by atoms with Gasteiger partial charge in [-0.05, 0) is 43.5 Å². The first-order valence-electron chi connectivity index (χ1n) is 10.6. The number of ether oxygens (including phenoxy) is 1. The SMILES string of the molecule is C#CC(C)(C)c1ccc(-c2ccc(C(O)(c3cncnc3OC)C(C)(C)C)nc2)c(C)c1. The third kappa shape index (κ3) is 3.99. The Balaban J connectivity index is 2.08. The van der Waals surface area contributed by atoms with E-state index in [0.29, 0.717) is 17.1 Å². The zero-order valence-electron chi connectivity index (χ0n) is 19.9. The van der Waals surface area contributed by atoms with Crippen molar-refractivity contribution in [1.29, 1.82) is 0 Å². The predicted octanol–water partition coefficient (Wildman–Crippen LogP) is 5.05. The number of pyridine rings is 1. The van der Waals surface area contributed by atoms with Crippen LogP contribution in [-0.2, 0) is 11.0 Å². The van der Waals surface area contributed by atoms with E-state index in [1.165, 1.54) is 13.4 Å². The first kappa shape index (κ1) is 23.4. The molecule has 0 amide bonds. The van der Waals surface area contributed by atoms with Gasteiger partial charge in [-0.3, -0.25) is 4.98 Å². The van der Waals surface area contributed by atoms with Gasteiger partial charge in [-0.1, -0.05) is 51.0 Å². The summed E-state index contributed by atoms with van der Waals surface area (Å²) in [5, 5.41) is 11.9. The Morgan fingerprint density at radius 3 is 2.25 bits per heavy atom. The highest BCUT2D eigenvalue weighted by molar-refractivity contribution is 5.67. The van der Waals surface area contributed by atoms with Gasteiger partial charge in [0.1, 0.15) is 11.9 Å². The first-order chi connectivity index (χ1) is 15.0. The van der Waals surface area contributed by atoms with Gasteiger partial charge >= 0.3 is 0 Å². The average Bonchev–Trinajstić information content (AvgIpc) is 2.77. The van der Waals surface area contributed by atoms with Crippen LogP contribution >= 0.6 is 0 Å². The lowest BCUT2D eigenvalue weighted by atomic mass is 9.70. The molecule has 3 aromatic rings. The highest BCUT2D eigenvalue weighted by Crippen LogP contribution is 2.46. The lowest BCUT2D eigenvalue weighted by Crippen LogP contribution is -2.42. The number of aromatic nitrogens is 3. The highest BCUT2D eigenvalue weighted by atomic mass is 16.5. The van der Waals surface area contributed by atoms with Crippen molar-refractivity contribution in [1.82, 2.24) is 15.0 Å². The molecule has 0 spiro atoms. The molecule has 0 radical (unpaired) electrons. The van der Waals surface area contributed by atoms with Crippen molar-refractivity contribution >= 4 is 0 Å². The van der Waals surface area contributed by atoms with Gasteiger partial charge in [-0.15, -0.1) is 6.42 Å². The molecule has 0 saturated heterocycles. The molecule has 2 aromatic heterocycles. The molecule has 0 bridgehead atoms. The zero-order valence-corrected chi connectivity index (χ0v) is 19.9. The van der Waals surface area contributed by atoms with Crippen molar-refractivity contribution in [2.45, 2.75) is 52.6 Å². The Kier molecular flexibility index (Phi) is 6.13. The molecule has 166 valence electrons. The number of benzene rings is 1. The Hall–Kier alpha value is -3.23. The molecule has 0 aliphatic heterocycles. The van der Waals surface area contributed by atoms with Crippen molar-refractivity contribution in [3.8, 4) is 29.4 Å². The molecule has 3 rings (SSSR count). The summed E-state index contributed by atoms with van der Waals surface area (Å²) in [4.78, 5) is 13.0. The fourth-order valence-electron chi connectivity index (χ4n) is 3.88. The molecule has 0 aliphatic rings. The van der Waals surface area contributed by atoms with Gasteiger partial charge in [0.05, 0.1) is 23.8 Å². The maximum absolute atomic E-state index is 11.9. The Morgan fingerprint density at radius 2 is 1.72 bits per heavy atom. The average molecular weight is 430 g/mol. The van der Waals surface area contributed by atoms with Crippen molar-refractivity contribution < 1.29 is 9.84 Å². The molecule has 5 nitrogen and oxygen atoms in total. The van der Waals surface area contributed by atoms with E-state index in [-0.39, 0.29) is 5.41 Å². The predicted molar refractivity (Wildman–Crippen MR) is 127 cm³/mol. The fourth-order valence-corrected chi connectivity index (χ4v) is 3.88. The van der Waals surface area contributed by atoms with Crippen molar-refractivity contribution in [2.75, 3.05) is 7.11 Å². The van der Waals surface area contributed by atoms with Crippen LogP contribution < -0.4 is 4.74 Å². The summed E-state index contributed by atoms with van der Waals surface area (Å²) < 4.78 is 5.41. The van der Waals surface area contributed by atoms with E-state index < -0.39 is 11.0 Å². The molecule has 2 heterocycles. The van der Waals surface area contributed by atoms with Gasteiger partial charge in [0.2, 0.25) is 5.88 Å². The summed E-state index contributed by atoms with van der Waals surface area (Å²) in [6.45, 7) is 12.0. The number of hydrogen-bond donors (Lipinski definition) is 1. The Bertz CT molecular complexity index is 1150. The second-order valence-corrected chi connectivity index (χ2v) is 9.64. The van der Waals surface area contributed by atoms with Crippen LogP contribution in [0.3, 0.4) is 0 Å². The van der Waals surface area contributed by atoms with Crippen LogP contribution in [0.2, 0.25) is 0 Å². The minimum atomic E-state index is -1.45. The second-order valence-electron chi connectivity index (χ2n) is 9.64. The van der Waals surface area contributed by atoms with E-state index >= 15 is 0 Å². The monoisotopic (exact) mass is 429 g/mol. The Morgan fingerprint density at radius 1 is 1.00 bits per heavy atom. The number of rotatable bonds is 5. The van der Waals surface area contributed by atoms with Gasteiger partial charge in [0.15, 0.2) is 0 Å². The quantitative estimate of drug-likeness (QED) is 0.575. The molecule has 1 atom stereocenters. The summed E-state index contributed by atoms with van der Waals surface area (Å²) in [6.07, 6.45) is 10.5. The van der Waals surface area contributed by atoms with E-state index in [1.807, 2.05) is 46.8 Å². The maximum Gasteiger partial charge on any atom is 0.222 e. The van der Waals surface area contributed by atoms with E-state index in [4.69, 9.17) is 11.2 Å². The van der Waals surface area contributed by atoms with Gasteiger partial charge in [0.25, 0.3) is 0 Å². The van der Waals surface area contributed by atoms with Crippen LogP contribution in [0, 0.1) is 24.7 Å². The topological polar surface area (TPSA) is 68.1 Å². The molecule has 1 aromatic carbocycles. The van der Waals surface area contributed by atoms with Gasteiger partial charge in [-0.2, -0.15) is 0 Å². The standard InChI is InChI=1S/C27H31N3O2/c1-9-26(6,7)20-11-12-21(18(2)14-20)19-10-13-23(29-15-19)27(31,25(3,4)5)22-16-28-17-30-24(22)32-8/h1,10-17,31H,2-8H3. The molecule has 0 aliphatic carbocycles. The third-order valence-electron chi connectivity index (χ3n) is 6.10. The van der Waals surface area contributed by atoms with Crippen LogP contribution in [-0.4, -0.2) is 27.2 Å². The summed E-state index contributed by atoms with van der Waals surface area (Å²) in [5.74, 6) is 3.17. The molecular formula is C27H31N3O2. The fraction of sp³-hybridized carbons (Fsp3) is 0.370. The largest absolute Gasteiger partial charge is 0.481 e. The molecular weight excluding hydrogens is 398 g/mol. The first-order valence-corrected chi connectivity index (χ1v) is 10.6. The van der Waals surface area contributed by atoms with Crippen LogP contribution in [0.5, 0.6) is 5.88 Å². The second kappa shape index (κ2) is 8.37. The summed E-state index contributed by atoms with van der Waals surface area (Å²) >= 11 is 0. The van der Waals surface area contributed by atoms with Crippen LogP contribution in [0.1, 0.15) is 57.0 Å². The van der Waals surface area contributed by atoms with Gasteiger partial charge < -0.3 is 9.84 Å². The molecule has 5 heteroatoms. The van der Waals surface area contributed by atoms with E-state index in [9.17, 15) is 5.11 Å². The van der Waals surface area contributed by atoms with E-state index in [0.717, 1.165) is 22.3 Å². The molecule has 0 fully saturated rings. The van der Waals surface area contributed by atoms with Crippen LogP contribution in [0.15, 0.2) is 49.1 Å². The number of hydrogen-bond acceptors (Lipinski definition) is 5. The number of methoxy groups -OCH3 is 1. The lowest BCUT2D eigenvalue weighted by molar-refractivity contribution is -0.0319. The minimum absolute atomic E-state index is 0.325. The smallest absolute Gasteiger partial charge is 0.222 e. The highest BCUT2D eigenvalue weighted by Gasteiger charge is 2.47. The van der Waals surface area contributed by atoms with Crippen molar-refractivity contribution in [3.63, 3.8) is 0 Å². The van der Waals surface area contributed by atoms with Gasteiger partial charge in [0, 0.05) is 23.4 Å². The molecule has 1 unspecified atom stereocenters. The number of aliphatic hydroxyl groups is 1. The maximum atomic E-state index is 11.9. The Labute approximate surface area is 190 Å². The van der Waals surface area contributed by atoms with Gasteiger partial charge in [-0.25, -0.2) is 9.97 Å². The summed E-state index contributed by atoms with van der Waals surface area (Å²) in [7, 11) is 1.53. The summed E-state index contributed by atoms with van der Waals surface area (Å²) in [5.41, 5.74) is 2.85. The van der Waals surface area contributed by atoms with Crippen LogP contribution in [0.25, 0.3) is 11.1 Å².